The Bertz CT molecular complexity index is 453. The zero-order chi connectivity index (χ0) is 13.6. The topological polar surface area (TPSA) is 43.1 Å². The first-order valence-electron chi connectivity index (χ1n) is 5.70. The lowest BCUT2D eigenvalue weighted by atomic mass is 9.92. The number of carbonyl (C=O) groups excluding carboxylic acids is 1. The molecule has 1 aliphatic carbocycles. The largest absolute Gasteiger partial charge is 0.413 e. The summed E-state index contributed by atoms with van der Waals surface area (Å²) in [5, 5.41) is 0. The molecule has 18 heavy (non-hydrogen) atoms. The average Bonchev–Trinajstić information content (AvgIpc) is 3.07. The third-order valence-electron chi connectivity index (χ3n) is 3.46. The maximum atomic E-state index is 12.7. The summed E-state index contributed by atoms with van der Waals surface area (Å²) in [7, 11) is 0. The van der Waals surface area contributed by atoms with E-state index in [1.54, 1.807) is 12.1 Å². The van der Waals surface area contributed by atoms with E-state index in [-0.39, 0.29) is 5.92 Å². The first-order valence-corrected chi connectivity index (χ1v) is 5.70. The lowest BCUT2D eigenvalue weighted by Gasteiger charge is -2.26. The van der Waals surface area contributed by atoms with Gasteiger partial charge in [-0.2, -0.15) is 13.2 Å². The second-order valence-electron chi connectivity index (χ2n) is 4.92. The zero-order valence-electron chi connectivity index (χ0n) is 9.87. The van der Waals surface area contributed by atoms with Crippen molar-refractivity contribution in [3.63, 3.8) is 0 Å². The first kappa shape index (κ1) is 13.1. The van der Waals surface area contributed by atoms with Crippen molar-refractivity contribution in [2.24, 2.45) is 11.7 Å². The molecule has 3 unspecified atom stereocenters. The summed E-state index contributed by atoms with van der Waals surface area (Å²) in [6.45, 7) is 0.746. The maximum absolute atomic E-state index is 12.7. The highest BCUT2D eigenvalue weighted by molar-refractivity contribution is 5.93. The highest BCUT2D eigenvalue weighted by Crippen LogP contribution is 2.50. The summed E-state index contributed by atoms with van der Waals surface area (Å²) in [5.41, 5.74) is 3.29. The van der Waals surface area contributed by atoms with Crippen molar-refractivity contribution in [2.75, 3.05) is 0 Å². The molecule has 98 valence electrons. The van der Waals surface area contributed by atoms with Crippen molar-refractivity contribution in [2.45, 2.75) is 31.0 Å². The molecule has 0 aliphatic heterocycles. The van der Waals surface area contributed by atoms with Gasteiger partial charge in [-0.3, -0.25) is 4.79 Å². The fourth-order valence-electron chi connectivity index (χ4n) is 2.08. The molecule has 3 atom stereocenters. The molecule has 0 saturated heterocycles. The van der Waals surface area contributed by atoms with Gasteiger partial charge in [0.1, 0.15) is 0 Å². The second-order valence-corrected chi connectivity index (χ2v) is 4.92. The predicted octanol–water partition coefficient (Wildman–Crippen LogP) is 2.64. The molecule has 0 radical (unpaired) electrons. The van der Waals surface area contributed by atoms with E-state index in [2.05, 4.69) is 0 Å². The molecule has 1 aliphatic rings. The molecule has 1 aromatic rings. The quantitative estimate of drug-likeness (QED) is 0.904. The Labute approximate surface area is 103 Å². The summed E-state index contributed by atoms with van der Waals surface area (Å²) in [4.78, 5) is 11.8. The predicted molar refractivity (Wildman–Crippen MR) is 60.9 cm³/mol. The van der Waals surface area contributed by atoms with Gasteiger partial charge in [-0.1, -0.05) is 30.3 Å². The Hall–Kier alpha value is -1.36. The van der Waals surface area contributed by atoms with Crippen LogP contribution < -0.4 is 5.73 Å². The average molecular weight is 257 g/mol. The van der Waals surface area contributed by atoms with E-state index in [0.717, 1.165) is 12.5 Å². The second kappa shape index (κ2) is 4.09. The van der Waals surface area contributed by atoms with E-state index in [0.29, 0.717) is 6.42 Å². The fourth-order valence-corrected chi connectivity index (χ4v) is 2.08. The van der Waals surface area contributed by atoms with E-state index >= 15 is 0 Å². The van der Waals surface area contributed by atoms with Crippen molar-refractivity contribution in [1.82, 2.24) is 0 Å². The zero-order valence-corrected chi connectivity index (χ0v) is 9.87. The lowest BCUT2D eigenvalue weighted by molar-refractivity contribution is -0.186. The van der Waals surface area contributed by atoms with Gasteiger partial charge in [0.15, 0.2) is 11.3 Å². The number of rotatable bonds is 3. The summed E-state index contributed by atoms with van der Waals surface area (Å²) < 4.78 is 38.0. The Morgan fingerprint density at radius 1 is 1.28 bits per heavy atom. The summed E-state index contributed by atoms with van der Waals surface area (Å²) in [5.74, 6) is -1.64. The summed E-state index contributed by atoms with van der Waals surface area (Å²) in [6, 6.07) is 9.07. The minimum atomic E-state index is -4.70. The van der Waals surface area contributed by atoms with Crippen LogP contribution in [0.15, 0.2) is 30.3 Å². The van der Waals surface area contributed by atoms with Gasteiger partial charge < -0.3 is 5.73 Å². The smallest absolute Gasteiger partial charge is 0.312 e. The molecular formula is C13H14F3NO. The van der Waals surface area contributed by atoms with Crippen LogP contribution in [0, 0.1) is 5.92 Å². The number of alkyl halides is 3. The van der Waals surface area contributed by atoms with E-state index in [1.807, 2.05) is 18.2 Å². The van der Waals surface area contributed by atoms with Gasteiger partial charge in [-0.25, -0.2) is 0 Å². The number of carbonyl (C=O) groups is 1. The summed E-state index contributed by atoms with van der Waals surface area (Å²) >= 11 is 0. The first-order chi connectivity index (χ1) is 8.25. The Balaban J connectivity index is 2.11. The number of hydrogen-bond acceptors (Lipinski definition) is 2. The molecule has 0 spiro atoms. The number of ketones is 1. The molecular weight excluding hydrogens is 243 g/mol. The van der Waals surface area contributed by atoms with E-state index in [1.165, 1.54) is 0 Å². The third kappa shape index (κ3) is 2.14. The van der Waals surface area contributed by atoms with Gasteiger partial charge in [-0.05, 0) is 24.8 Å². The summed E-state index contributed by atoms with van der Waals surface area (Å²) in [6.07, 6.45) is -4.25. The molecule has 5 heteroatoms. The van der Waals surface area contributed by atoms with Crippen molar-refractivity contribution in [1.29, 1.82) is 0 Å². The number of halogens is 3. The van der Waals surface area contributed by atoms with Crippen LogP contribution in [0.4, 0.5) is 13.2 Å². The van der Waals surface area contributed by atoms with Crippen LogP contribution >= 0.6 is 0 Å². The van der Waals surface area contributed by atoms with Crippen molar-refractivity contribution >= 4 is 5.78 Å². The van der Waals surface area contributed by atoms with Crippen LogP contribution in [-0.4, -0.2) is 17.5 Å². The number of nitrogens with two attached hydrogens (primary N) is 1. The minimum Gasteiger partial charge on any atom is -0.312 e. The highest BCUT2D eigenvalue weighted by Gasteiger charge is 2.59. The van der Waals surface area contributed by atoms with Crippen molar-refractivity contribution < 1.29 is 18.0 Å². The maximum Gasteiger partial charge on any atom is 0.413 e. The Morgan fingerprint density at radius 3 is 2.33 bits per heavy atom. The van der Waals surface area contributed by atoms with Crippen LogP contribution in [0.1, 0.15) is 24.8 Å². The molecule has 0 amide bonds. The van der Waals surface area contributed by atoms with Crippen LogP contribution in [0.3, 0.4) is 0 Å². The van der Waals surface area contributed by atoms with Gasteiger partial charge in [0.2, 0.25) is 0 Å². The highest BCUT2D eigenvalue weighted by atomic mass is 19.4. The van der Waals surface area contributed by atoms with Gasteiger partial charge in [-0.15, -0.1) is 0 Å². The molecule has 2 N–H and O–H groups in total. The van der Waals surface area contributed by atoms with Gasteiger partial charge in [0.05, 0.1) is 0 Å². The Kier molecular flexibility index (Phi) is 2.97. The number of benzene rings is 1. The van der Waals surface area contributed by atoms with Crippen LogP contribution in [0.2, 0.25) is 0 Å². The van der Waals surface area contributed by atoms with Crippen LogP contribution in [0.5, 0.6) is 0 Å². The SMILES string of the molecule is CC(N)(C(=O)C1CC1c1ccccc1)C(F)(F)F. The molecule has 2 rings (SSSR count). The molecule has 1 fully saturated rings. The van der Waals surface area contributed by atoms with E-state index in [4.69, 9.17) is 5.73 Å². The van der Waals surface area contributed by atoms with Crippen LogP contribution in [0.25, 0.3) is 0 Å². The van der Waals surface area contributed by atoms with Crippen molar-refractivity contribution in [3.05, 3.63) is 35.9 Å². The monoisotopic (exact) mass is 257 g/mol. The van der Waals surface area contributed by atoms with Crippen molar-refractivity contribution in [3.8, 4) is 0 Å². The Morgan fingerprint density at radius 2 is 1.83 bits per heavy atom. The van der Waals surface area contributed by atoms with E-state index < -0.39 is 23.4 Å². The molecule has 1 saturated carbocycles. The van der Waals surface area contributed by atoms with Gasteiger partial charge in [0, 0.05) is 5.92 Å². The molecule has 1 aromatic carbocycles. The molecule has 0 aromatic heterocycles. The lowest BCUT2D eigenvalue weighted by Crippen LogP contribution is -2.57. The molecule has 2 nitrogen and oxygen atoms in total. The molecule has 0 heterocycles. The molecule has 0 bridgehead atoms. The van der Waals surface area contributed by atoms with Gasteiger partial charge >= 0.3 is 6.18 Å². The minimum absolute atomic E-state index is 0.121. The van der Waals surface area contributed by atoms with Crippen LogP contribution in [-0.2, 0) is 4.79 Å². The number of hydrogen-bond donors (Lipinski definition) is 1. The third-order valence-corrected chi connectivity index (χ3v) is 3.46. The van der Waals surface area contributed by atoms with E-state index in [9.17, 15) is 18.0 Å². The van der Waals surface area contributed by atoms with Gasteiger partial charge in [0.25, 0.3) is 0 Å². The standard InChI is InChI=1S/C13H14F3NO/c1-12(17,13(14,15)16)11(18)10-7-9(10)8-5-3-2-4-6-8/h2-6,9-10H,7,17H2,1H3. The fraction of sp³-hybridized carbons (Fsp3) is 0.462. The number of Topliss-reactive ketones (excluding diaryl/α,β-unsaturated/α-hetero) is 1. The normalized spacial score (nSPS) is 26.5.